The topological polar surface area (TPSA) is 175 Å². The van der Waals surface area contributed by atoms with Gasteiger partial charge in [-0.25, -0.2) is 9.59 Å². The first kappa shape index (κ1) is 29.1. The number of carbonyl (C=O) groups excluding carboxylic acids is 2. The first-order valence-corrected chi connectivity index (χ1v) is 13.0. The molecule has 0 unspecified atom stereocenters. The van der Waals surface area contributed by atoms with E-state index < -0.39 is 11.9 Å². The maximum absolute atomic E-state index is 12.8. The molecule has 0 saturated carbocycles. The normalized spacial score (nSPS) is 11.3. The Balaban J connectivity index is 1.25. The van der Waals surface area contributed by atoms with Crippen molar-refractivity contribution in [2.45, 2.75) is 0 Å². The third kappa shape index (κ3) is 6.39. The van der Waals surface area contributed by atoms with E-state index in [1.165, 1.54) is 66.8 Å². The Morgan fingerprint density at radius 1 is 0.545 bits per heavy atom. The number of hydrogen-bond acceptors (Lipinski definition) is 8. The highest BCUT2D eigenvalue weighted by molar-refractivity contribution is 6.11. The van der Waals surface area contributed by atoms with Gasteiger partial charge in [-0.1, -0.05) is 18.2 Å². The standard InChI is InChI=1S/C34H22O10/c35-27(12-6-23-8-14-31(43-23)21-4-10-29(37)25(17-21)33(39)40)19-2-1-3-20(16-19)28(36)13-7-24-9-15-32(44-24)22-5-11-30(38)26(18-22)34(41)42/h1-18,37-38H,(H,39,40)(H,41,42)/b12-6+,13-7+. The molecule has 10 nitrogen and oxygen atoms in total. The Morgan fingerprint density at radius 3 is 1.39 bits per heavy atom. The van der Waals surface area contributed by atoms with E-state index >= 15 is 0 Å². The highest BCUT2D eigenvalue weighted by atomic mass is 16.4. The largest absolute Gasteiger partial charge is 0.507 e. The molecular weight excluding hydrogens is 568 g/mol. The molecule has 218 valence electrons. The zero-order valence-corrected chi connectivity index (χ0v) is 22.6. The summed E-state index contributed by atoms with van der Waals surface area (Å²) in [7, 11) is 0. The summed E-state index contributed by atoms with van der Waals surface area (Å²) in [6.45, 7) is 0. The Kier molecular flexibility index (Phi) is 8.07. The van der Waals surface area contributed by atoms with Gasteiger partial charge in [0.2, 0.25) is 0 Å². The number of benzene rings is 3. The Hall–Kier alpha value is -6.42. The summed E-state index contributed by atoms with van der Waals surface area (Å²) in [5, 5.41) is 37.8. The van der Waals surface area contributed by atoms with Crippen molar-refractivity contribution >= 4 is 35.7 Å². The molecule has 2 heterocycles. The van der Waals surface area contributed by atoms with Gasteiger partial charge >= 0.3 is 11.9 Å². The number of allylic oxidation sites excluding steroid dienone is 2. The fourth-order valence-electron chi connectivity index (χ4n) is 4.25. The van der Waals surface area contributed by atoms with Crippen LogP contribution in [0.25, 0.3) is 34.8 Å². The summed E-state index contributed by atoms with van der Waals surface area (Å²) < 4.78 is 11.4. The Morgan fingerprint density at radius 2 is 0.977 bits per heavy atom. The molecule has 0 bridgehead atoms. The minimum atomic E-state index is -1.28. The molecule has 0 aliphatic rings. The van der Waals surface area contributed by atoms with Crippen molar-refractivity contribution in [3.8, 4) is 34.1 Å². The van der Waals surface area contributed by atoms with Crippen LogP contribution in [0.4, 0.5) is 0 Å². The van der Waals surface area contributed by atoms with Gasteiger partial charge in [0.1, 0.15) is 45.7 Å². The first-order chi connectivity index (χ1) is 21.1. The molecule has 0 aliphatic carbocycles. The molecule has 0 aliphatic heterocycles. The third-order valence-corrected chi connectivity index (χ3v) is 6.51. The van der Waals surface area contributed by atoms with Crippen LogP contribution in [0.15, 0.2) is 106 Å². The van der Waals surface area contributed by atoms with Crippen LogP contribution in [0.5, 0.6) is 11.5 Å². The molecular formula is C34H22O10. The van der Waals surface area contributed by atoms with Crippen LogP contribution < -0.4 is 0 Å². The van der Waals surface area contributed by atoms with Crippen LogP contribution in [-0.4, -0.2) is 43.9 Å². The summed E-state index contributed by atoms with van der Waals surface area (Å²) in [5.41, 5.74) is 0.856. The van der Waals surface area contributed by atoms with E-state index in [1.807, 2.05) is 0 Å². The second-order valence-corrected chi connectivity index (χ2v) is 9.45. The number of carboxylic acids is 2. The lowest BCUT2D eigenvalue weighted by Gasteiger charge is -2.02. The van der Waals surface area contributed by atoms with E-state index in [-0.39, 0.29) is 45.3 Å². The predicted octanol–water partition coefficient (Wildman–Crippen LogP) is 6.81. The fraction of sp³-hybridized carbons (Fsp3) is 0. The minimum Gasteiger partial charge on any atom is -0.507 e. The molecule has 0 atom stereocenters. The number of hydrogen-bond donors (Lipinski definition) is 4. The van der Waals surface area contributed by atoms with Gasteiger partial charge in [-0.05, 0) is 91.0 Å². The van der Waals surface area contributed by atoms with Gasteiger partial charge in [-0.3, -0.25) is 9.59 Å². The predicted molar refractivity (Wildman–Crippen MR) is 159 cm³/mol. The Bertz CT molecular complexity index is 1850. The van der Waals surface area contributed by atoms with E-state index in [2.05, 4.69) is 0 Å². The van der Waals surface area contributed by atoms with Gasteiger partial charge in [0.05, 0.1) is 0 Å². The van der Waals surface area contributed by atoms with Crippen molar-refractivity contribution < 1.29 is 48.4 Å². The van der Waals surface area contributed by atoms with E-state index in [9.17, 15) is 39.6 Å². The van der Waals surface area contributed by atoms with E-state index in [0.29, 0.717) is 34.2 Å². The van der Waals surface area contributed by atoms with Crippen LogP contribution >= 0.6 is 0 Å². The SMILES string of the molecule is O=C(/C=C/c1ccc(-c2ccc(O)c(C(=O)O)c2)o1)c1cccc(C(=O)/C=C/c2ccc(-c3ccc(O)c(C(=O)O)c3)o2)c1. The molecule has 0 radical (unpaired) electrons. The molecule has 0 spiro atoms. The summed E-state index contributed by atoms with van der Waals surface area (Å²) >= 11 is 0. The number of aromatic hydroxyl groups is 2. The van der Waals surface area contributed by atoms with Crippen molar-refractivity contribution in [3.63, 3.8) is 0 Å². The van der Waals surface area contributed by atoms with Gasteiger partial charge in [0.25, 0.3) is 0 Å². The lowest BCUT2D eigenvalue weighted by atomic mass is 10.0. The molecule has 3 aromatic carbocycles. The zero-order valence-electron chi connectivity index (χ0n) is 22.6. The summed E-state index contributed by atoms with van der Waals surface area (Å²) in [5.74, 6) is -2.72. The number of ketones is 2. The Labute approximate surface area is 249 Å². The number of aromatic carboxylic acids is 2. The minimum absolute atomic E-state index is 0.263. The highest BCUT2D eigenvalue weighted by Crippen LogP contribution is 2.29. The zero-order chi connectivity index (χ0) is 31.4. The maximum Gasteiger partial charge on any atom is 0.339 e. The van der Waals surface area contributed by atoms with Crippen molar-refractivity contribution in [1.29, 1.82) is 0 Å². The summed E-state index contributed by atoms with van der Waals surface area (Å²) in [6.07, 6.45) is 5.46. The van der Waals surface area contributed by atoms with Gasteiger partial charge in [-0.15, -0.1) is 0 Å². The van der Waals surface area contributed by atoms with Gasteiger partial charge in [0.15, 0.2) is 11.6 Å². The quantitative estimate of drug-likeness (QED) is 0.0999. The second-order valence-electron chi connectivity index (χ2n) is 9.45. The van der Waals surface area contributed by atoms with Crippen LogP contribution in [0, 0.1) is 0 Å². The lowest BCUT2D eigenvalue weighted by Crippen LogP contribution is -1.99. The van der Waals surface area contributed by atoms with E-state index in [4.69, 9.17) is 8.83 Å². The van der Waals surface area contributed by atoms with Crippen LogP contribution in [0.2, 0.25) is 0 Å². The lowest BCUT2D eigenvalue weighted by molar-refractivity contribution is 0.0682. The van der Waals surface area contributed by atoms with Crippen molar-refractivity contribution in [3.05, 3.63) is 131 Å². The second kappa shape index (κ2) is 12.2. The van der Waals surface area contributed by atoms with Crippen LogP contribution in [0.3, 0.4) is 0 Å². The molecule has 0 fully saturated rings. The molecule has 44 heavy (non-hydrogen) atoms. The molecule has 0 amide bonds. The van der Waals surface area contributed by atoms with Crippen molar-refractivity contribution in [2.75, 3.05) is 0 Å². The third-order valence-electron chi connectivity index (χ3n) is 6.51. The smallest absolute Gasteiger partial charge is 0.339 e. The first-order valence-electron chi connectivity index (χ1n) is 13.0. The summed E-state index contributed by atoms with van der Waals surface area (Å²) in [6, 6.07) is 20.7. The summed E-state index contributed by atoms with van der Waals surface area (Å²) in [4.78, 5) is 48.2. The average molecular weight is 591 g/mol. The van der Waals surface area contributed by atoms with Crippen molar-refractivity contribution in [2.24, 2.45) is 0 Å². The number of rotatable bonds is 10. The van der Waals surface area contributed by atoms with Gasteiger partial charge in [0, 0.05) is 22.3 Å². The van der Waals surface area contributed by atoms with Crippen LogP contribution in [-0.2, 0) is 0 Å². The number of carbonyl (C=O) groups is 4. The molecule has 2 aromatic heterocycles. The van der Waals surface area contributed by atoms with Gasteiger partial charge < -0.3 is 29.3 Å². The van der Waals surface area contributed by atoms with Crippen molar-refractivity contribution in [1.82, 2.24) is 0 Å². The molecule has 0 saturated heterocycles. The molecule has 5 aromatic rings. The number of furan rings is 2. The number of phenols is 2. The monoisotopic (exact) mass is 590 g/mol. The fourth-order valence-corrected chi connectivity index (χ4v) is 4.25. The number of carboxylic acid groups (broad SMARTS) is 2. The van der Waals surface area contributed by atoms with Gasteiger partial charge in [-0.2, -0.15) is 0 Å². The average Bonchev–Trinajstić information content (AvgIpc) is 3.69. The highest BCUT2D eigenvalue weighted by Gasteiger charge is 2.15. The van der Waals surface area contributed by atoms with Crippen LogP contribution in [0.1, 0.15) is 53.0 Å². The molecule has 5 rings (SSSR count). The van der Waals surface area contributed by atoms with E-state index in [0.717, 1.165) is 0 Å². The maximum atomic E-state index is 12.8. The molecule has 4 N–H and O–H groups in total. The molecule has 10 heteroatoms. The van der Waals surface area contributed by atoms with E-state index in [1.54, 1.807) is 42.5 Å².